The third-order valence-electron chi connectivity index (χ3n) is 6.05. The van der Waals surface area contributed by atoms with Crippen LogP contribution in [0, 0.1) is 11.3 Å². The zero-order valence-corrected chi connectivity index (χ0v) is 17.9. The van der Waals surface area contributed by atoms with Crippen LogP contribution in [0.15, 0.2) is 60.4 Å². The number of benzene rings is 2. The molecule has 1 unspecified atom stereocenters. The van der Waals surface area contributed by atoms with Crippen LogP contribution in [0.4, 0.5) is 0 Å². The van der Waals surface area contributed by atoms with Gasteiger partial charge in [0, 0.05) is 29.8 Å². The van der Waals surface area contributed by atoms with Gasteiger partial charge in [-0.15, -0.1) is 0 Å². The van der Waals surface area contributed by atoms with Crippen molar-refractivity contribution in [1.82, 2.24) is 15.6 Å². The van der Waals surface area contributed by atoms with Crippen LogP contribution < -0.4 is 10.6 Å². The topological polar surface area (TPSA) is 80.7 Å². The lowest BCUT2D eigenvalue weighted by molar-refractivity contribution is -0.117. The quantitative estimate of drug-likeness (QED) is 0.304. The molecule has 3 N–H and O–H groups in total. The number of aryl methyl sites for hydroxylation is 2. The molecule has 0 fully saturated rings. The van der Waals surface area contributed by atoms with E-state index >= 15 is 0 Å². The summed E-state index contributed by atoms with van der Waals surface area (Å²) in [5, 5.41) is 16.7. The molecule has 1 aliphatic rings. The first-order chi connectivity index (χ1) is 15.2. The number of nitrogens with one attached hydrogen (secondary N) is 3. The molecule has 1 amide bonds. The molecule has 0 spiro atoms. The maximum absolute atomic E-state index is 12.6. The Morgan fingerprint density at radius 3 is 2.84 bits per heavy atom. The van der Waals surface area contributed by atoms with Gasteiger partial charge in [-0.2, -0.15) is 5.26 Å². The van der Waals surface area contributed by atoms with E-state index in [1.165, 1.54) is 41.1 Å². The number of carbonyl (C=O) groups is 1. The minimum Gasteiger partial charge on any atom is -0.389 e. The summed E-state index contributed by atoms with van der Waals surface area (Å²) in [6.07, 6.45) is 9.05. The molecule has 1 heterocycles. The highest BCUT2D eigenvalue weighted by atomic mass is 16.1. The second kappa shape index (κ2) is 9.53. The minimum atomic E-state index is -0.354. The van der Waals surface area contributed by atoms with Crippen LogP contribution in [0.25, 0.3) is 10.9 Å². The Labute approximate surface area is 183 Å². The van der Waals surface area contributed by atoms with E-state index in [1.54, 1.807) is 0 Å². The second-order valence-corrected chi connectivity index (χ2v) is 8.16. The van der Waals surface area contributed by atoms with Gasteiger partial charge < -0.3 is 15.6 Å². The molecule has 5 heteroatoms. The van der Waals surface area contributed by atoms with E-state index in [9.17, 15) is 10.1 Å². The van der Waals surface area contributed by atoms with Crippen LogP contribution in [0.5, 0.6) is 0 Å². The first-order valence-corrected chi connectivity index (χ1v) is 11.0. The zero-order valence-electron chi connectivity index (χ0n) is 17.9. The molecule has 0 saturated carbocycles. The lowest BCUT2D eigenvalue weighted by Crippen LogP contribution is -2.29. The first-order valence-electron chi connectivity index (χ1n) is 11.0. The molecule has 0 saturated heterocycles. The second-order valence-electron chi connectivity index (χ2n) is 8.16. The van der Waals surface area contributed by atoms with E-state index in [0.29, 0.717) is 6.54 Å². The molecule has 31 heavy (non-hydrogen) atoms. The van der Waals surface area contributed by atoms with E-state index < -0.39 is 0 Å². The van der Waals surface area contributed by atoms with Gasteiger partial charge >= 0.3 is 0 Å². The highest BCUT2D eigenvalue weighted by Crippen LogP contribution is 2.25. The Bertz CT molecular complexity index is 1150. The van der Waals surface area contributed by atoms with Crippen molar-refractivity contribution in [3.8, 4) is 6.07 Å². The predicted molar refractivity (Wildman–Crippen MR) is 123 cm³/mol. The maximum Gasteiger partial charge on any atom is 0.263 e. The van der Waals surface area contributed by atoms with E-state index in [0.717, 1.165) is 30.3 Å². The average molecular weight is 413 g/mol. The standard InChI is InChI=1S/C26H28N4O/c1-18(20-11-10-19-6-2-3-7-21(19)14-20)30-26(31)23(15-27)16-28-13-12-22-17-29-25-9-5-4-8-24(22)25/h4-5,8-11,14,16-18,28-29H,2-3,6-7,12-13H2,1H3,(H,30,31)/b23-16-. The number of para-hydroxylation sites is 1. The summed E-state index contributed by atoms with van der Waals surface area (Å²) in [6, 6.07) is 16.5. The third-order valence-corrected chi connectivity index (χ3v) is 6.05. The Balaban J connectivity index is 1.33. The molecule has 4 rings (SSSR count). The van der Waals surface area contributed by atoms with Crippen molar-refractivity contribution >= 4 is 16.8 Å². The fourth-order valence-corrected chi connectivity index (χ4v) is 4.25. The number of fused-ring (bicyclic) bond motifs is 2. The van der Waals surface area contributed by atoms with Crippen molar-refractivity contribution < 1.29 is 4.79 Å². The molecule has 0 bridgehead atoms. The number of aromatic nitrogens is 1. The van der Waals surface area contributed by atoms with Crippen LogP contribution in [-0.2, 0) is 24.1 Å². The van der Waals surface area contributed by atoms with Gasteiger partial charge in [-0.05, 0) is 67.3 Å². The number of hydrogen-bond acceptors (Lipinski definition) is 3. The number of amides is 1. The van der Waals surface area contributed by atoms with Crippen molar-refractivity contribution in [2.24, 2.45) is 0 Å². The van der Waals surface area contributed by atoms with Crippen LogP contribution in [0.3, 0.4) is 0 Å². The summed E-state index contributed by atoms with van der Waals surface area (Å²) >= 11 is 0. The van der Waals surface area contributed by atoms with Gasteiger partial charge in [0.05, 0.1) is 6.04 Å². The number of hydrogen-bond donors (Lipinski definition) is 3. The number of carbonyl (C=O) groups excluding carboxylic acids is 1. The Morgan fingerprint density at radius 2 is 2.00 bits per heavy atom. The fourth-order valence-electron chi connectivity index (χ4n) is 4.25. The zero-order chi connectivity index (χ0) is 21.6. The fraction of sp³-hybridized carbons (Fsp3) is 0.308. The van der Waals surface area contributed by atoms with Gasteiger partial charge in [0.1, 0.15) is 11.6 Å². The van der Waals surface area contributed by atoms with Crippen molar-refractivity contribution in [2.75, 3.05) is 6.54 Å². The lowest BCUT2D eigenvalue weighted by atomic mass is 9.89. The number of nitriles is 1. The Morgan fingerprint density at radius 1 is 1.19 bits per heavy atom. The molecule has 1 aromatic heterocycles. The normalized spacial score (nSPS) is 14.5. The molecular weight excluding hydrogens is 384 g/mol. The van der Waals surface area contributed by atoms with Crippen LogP contribution in [-0.4, -0.2) is 17.4 Å². The highest BCUT2D eigenvalue weighted by molar-refractivity contribution is 5.97. The van der Waals surface area contributed by atoms with Crippen LogP contribution in [0.1, 0.15) is 48.1 Å². The van der Waals surface area contributed by atoms with Gasteiger partial charge in [-0.25, -0.2) is 0 Å². The van der Waals surface area contributed by atoms with Crippen molar-refractivity contribution in [3.05, 3.63) is 82.7 Å². The highest BCUT2D eigenvalue weighted by Gasteiger charge is 2.16. The molecule has 2 aromatic carbocycles. The van der Waals surface area contributed by atoms with Gasteiger partial charge in [-0.1, -0.05) is 36.4 Å². The van der Waals surface area contributed by atoms with E-state index in [1.807, 2.05) is 37.4 Å². The summed E-state index contributed by atoms with van der Waals surface area (Å²) in [7, 11) is 0. The number of aromatic amines is 1. The van der Waals surface area contributed by atoms with Gasteiger partial charge in [-0.3, -0.25) is 4.79 Å². The smallest absolute Gasteiger partial charge is 0.263 e. The number of H-pyrrole nitrogens is 1. The molecule has 3 aromatic rings. The van der Waals surface area contributed by atoms with Crippen LogP contribution >= 0.6 is 0 Å². The monoisotopic (exact) mass is 412 g/mol. The number of rotatable bonds is 7. The maximum atomic E-state index is 12.6. The molecular formula is C26H28N4O. The summed E-state index contributed by atoms with van der Waals surface area (Å²) in [4.78, 5) is 15.9. The molecule has 158 valence electrons. The Kier molecular flexibility index (Phi) is 6.37. The van der Waals surface area contributed by atoms with Crippen molar-refractivity contribution in [2.45, 2.75) is 45.1 Å². The first kappa shape index (κ1) is 20.7. The van der Waals surface area contributed by atoms with E-state index in [2.05, 4.69) is 39.9 Å². The van der Waals surface area contributed by atoms with Crippen molar-refractivity contribution in [1.29, 1.82) is 5.26 Å². The van der Waals surface area contributed by atoms with Crippen molar-refractivity contribution in [3.63, 3.8) is 0 Å². The molecule has 0 radical (unpaired) electrons. The minimum absolute atomic E-state index is 0.0868. The van der Waals surface area contributed by atoms with Gasteiger partial charge in [0.25, 0.3) is 5.91 Å². The van der Waals surface area contributed by atoms with E-state index in [4.69, 9.17) is 0 Å². The molecule has 1 atom stereocenters. The average Bonchev–Trinajstić information content (AvgIpc) is 3.21. The van der Waals surface area contributed by atoms with Crippen LogP contribution in [0.2, 0.25) is 0 Å². The third kappa shape index (κ3) is 4.80. The summed E-state index contributed by atoms with van der Waals surface area (Å²) in [6.45, 7) is 2.60. The predicted octanol–water partition coefficient (Wildman–Crippen LogP) is 4.46. The summed E-state index contributed by atoms with van der Waals surface area (Å²) < 4.78 is 0. The summed E-state index contributed by atoms with van der Waals surface area (Å²) in [5.41, 5.74) is 6.30. The largest absolute Gasteiger partial charge is 0.389 e. The Hall–Kier alpha value is -3.52. The molecule has 0 aliphatic heterocycles. The molecule has 1 aliphatic carbocycles. The number of nitrogens with zero attached hydrogens (tertiary/aromatic N) is 1. The molecule has 5 nitrogen and oxygen atoms in total. The SMILES string of the molecule is CC(NC(=O)/C(C#N)=C\NCCc1c[nH]c2ccccc12)c1ccc2c(c1)CCCC2. The van der Waals surface area contributed by atoms with Gasteiger partial charge in [0.2, 0.25) is 0 Å². The van der Waals surface area contributed by atoms with Gasteiger partial charge in [0.15, 0.2) is 0 Å². The lowest BCUT2D eigenvalue weighted by Gasteiger charge is -2.20. The van der Waals surface area contributed by atoms with E-state index in [-0.39, 0.29) is 17.5 Å². The summed E-state index contributed by atoms with van der Waals surface area (Å²) in [5.74, 6) is -0.354.